The number of ether oxygens (including phenoxy) is 1. The Balaban J connectivity index is 2.63. The van der Waals surface area contributed by atoms with Crippen LogP contribution in [-0.2, 0) is 4.74 Å². The average Bonchev–Trinajstić information content (AvgIpc) is 1.97. The van der Waals surface area contributed by atoms with Gasteiger partial charge in [-0.25, -0.2) is 0 Å². The van der Waals surface area contributed by atoms with Crippen molar-refractivity contribution in [3.63, 3.8) is 0 Å². The van der Waals surface area contributed by atoms with Gasteiger partial charge in [0, 0.05) is 0 Å². The molecule has 0 saturated carbocycles. The highest BCUT2D eigenvalue weighted by molar-refractivity contribution is 4.88. The molecular formula is C7H14O4. The van der Waals surface area contributed by atoms with E-state index in [0.717, 1.165) is 0 Å². The van der Waals surface area contributed by atoms with Gasteiger partial charge in [-0.15, -0.1) is 0 Å². The molecule has 1 rings (SSSR count). The largest absolute Gasteiger partial charge is 0.388 e. The number of hydrogen-bond donors (Lipinski definition) is 3. The van der Waals surface area contributed by atoms with Crippen molar-refractivity contribution < 1.29 is 20.1 Å². The van der Waals surface area contributed by atoms with Crippen LogP contribution in [0.2, 0.25) is 0 Å². The topological polar surface area (TPSA) is 69.9 Å². The van der Waals surface area contributed by atoms with Crippen molar-refractivity contribution in [1.82, 2.24) is 0 Å². The fraction of sp³-hybridized carbons (Fsp3) is 1.00. The molecule has 0 aromatic heterocycles. The van der Waals surface area contributed by atoms with Crippen molar-refractivity contribution >= 4 is 0 Å². The maximum absolute atomic E-state index is 9.21. The van der Waals surface area contributed by atoms with Gasteiger partial charge in [-0.3, -0.25) is 0 Å². The van der Waals surface area contributed by atoms with Crippen molar-refractivity contribution in [2.75, 3.05) is 0 Å². The quantitative estimate of drug-likeness (QED) is 0.422. The standard InChI is InChI=1S/C7H14O4/c1-3-5(8)7(10)6(9)4(2)11-3/h3-10H,1-2H3/t3?,4?,5-,6-,7?/m0/s1. The maximum Gasteiger partial charge on any atom is 0.111 e. The molecule has 0 aliphatic carbocycles. The van der Waals surface area contributed by atoms with Crippen molar-refractivity contribution in [2.24, 2.45) is 0 Å². The summed E-state index contributed by atoms with van der Waals surface area (Å²) in [6.45, 7) is 3.33. The van der Waals surface area contributed by atoms with Gasteiger partial charge in [0.2, 0.25) is 0 Å². The summed E-state index contributed by atoms with van der Waals surface area (Å²) in [6, 6.07) is 0. The second-order valence-electron chi connectivity index (χ2n) is 3.02. The molecule has 1 heterocycles. The Kier molecular flexibility index (Phi) is 2.49. The minimum absolute atomic E-state index is 0.414. The molecule has 0 aromatic carbocycles. The minimum atomic E-state index is -1.09. The molecule has 11 heavy (non-hydrogen) atoms. The molecule has 0 aromatic rings. The summed E-state index contributed by atoms with van der Waals surface area (Å²) in [5.41, 5.74) is 0. The molecule has 0 spiro atoms. The van der Waals surface area contributed by atoms with Crippen molar-refractivity contribution in [3.8, 4) is 0 Å². The third-order valence-electron chi connectivity index (χ3n) is 2.09. The first kappa shape index (κ1) is 8.93. The van der Waals surface area contributed by atoms with Crippen LogP contribution in [0.3, 0.4) is 0 Å². The van der Waals surface area contributed by atoms with Gasteiger partial charge in [0.15, 0.2) is 0 Å². The van der Waals surface area contributed by atoms with Gasteiger partial charge in [-0.2, -0.15) is 0 Å². The second-order valence-corrected chi connectivity index (χ2v) is 3.02. The molecule has 1 aliphatic rings. The molecule has 1 saturated heterocycles. The zero-order chi connectivity index (χ0) is 8.59. The Morgan fingerprint density at radius 2 is 1.18 bits per heavy atom. The van der Waals surface area contributed by atoms with Crippen LogP contribution in [0.1, 0.15) is 13.8 Å². The molecule has 4 heteroatoms. The number of rotatable bonds is 0. The van der Waals surface area contributed by atoms with E-state index in [1.54, 1.807) is 13.8 Å². The molecule has 2 unspecified atom stereocenters. The molecule has 4 nitrogen and oxygen atoms in total. The van der Waals surface area contributed by atoms with Crippen LogP contribution < -0.4 is 0 Å². The lowest BCUT2D eigenvalue weighted by Gasteiger charge is -2.37. The SMILES string of the molecule is CC1OC(C)[C@H](O)C(O)[C@H]1O. The predicted molar refractivity (Wildman–Crippen MR) is 38.0 cm³/mol. The van der Waals surface area contributed by atoms with Crippen LogP contribution >= 0.6 is 0 Å². The summed E-state index contributed by atoms with van der Waals surface area (Å²) in [5, 5.41) is 27.6. The molecular weight excluding hydrogens is 148 g/mol. The summed E-state index contributed by atoms with van der Waals surface area (Å²) in [7, 11) is 0. The fourth-order valence-corrected chi connectivity index (χ4v) is 1.26. The van der Waals surface area contributed by atoms with E-state index in [9.17, 15) is 15.3 Å². The van der Waals surface area contributed by atoms with E-state index >= 15 is 0 Å². The molecule has 0 radical (unpaired) electrons. The Hall–Kier alpha value is -0.160. The Bertz CT molecular complexity index is 124. The molecule has 4 atom stereocenters. The third-order valence-corrected chi connectivity index (χ3v) is 2.09. The highest BCUT2D eigenvalue weighted by atomic mass is 16.5. The van der Waals surface area contributed by atoms with Gasteiger partial charge >= 0.3 is 0 Å². The lowest BCUT2D eigenvalue weighted by molar-refractivity contribution is -0.211. The van der Waals surface area contributed by atoms with E-state index in [4.69, 9.17) is 4.74 Å². The fourth-order valence-electron chi connectivity index (χ4n) is 1.26. The zero-order valence-electron chi connectivity index (χ0n) is 6.64. The summed E-state index contributed by atoms with van der Waals surface area (Å²) >= 11 is 0. The van der Waals surface area contributed by atoms with Crippen LogP contribution in [0.15, 0.2) is 0 Å². The maximum atomic E-state index is 9.21. The monoisotopic (exact) mass is 162 g/mol. The smallest absolute Gasteiger partial charge is 0.111 e. The van der Waals surface area contributed by atoms with Gasteiger partial charge in [-0.1, -0.05) is 0 Å². The van der Waals surface area contributed by atoms with Gasteiger partial charge in [0.25, 0.3) is 0 Å². The van der Waals surface area contributed by atoms with Crippen LogP contribution in [-0.4, -0.2) is 45.8 Å². The first-order chi connectivity index (χ1) is 5.04. The Morgan fingerprint density at radius 3 is 1.55 bits per heavy atom. The number of aliphatic hydroxyl groups is 3. The van der Waals surface area contributed by atoms with Gasteiger partial charge in [0.05, 0.1) is 12.2 Å². The van der Waals surface area contributed by atoms with E-state index < -0.39 is 30.5 Å². The van der Waals surface area contributed by atoms with Crippen LogP contribution in [0.25, 0.3) is 0 Å². The summed E-state index contributed by atoms with van der Waals surface area (Å²) < 4.78 is 5.12. The van der Waals surface area contributed by atoms with Crippen molar-refractivity contribution in [2.45, 2.75) is 44.4 Å². The van der Waals surface area contributed by atoms with E-state index in [1.165, 1.54) is 0 Å². The van der Waals surface area contributed by atoms with Crippen molar-refractivity contribution in [3.05, 3.63) is 0 Å². The normalized spacial score (nSPS) is 52.6. The highest BCUT2D eigenvalue weighted by Gasteiger charge is 2.39. The summed E-state index contributed by atoms with van der Waals surface area (Å²) in [4.78, 5) is 0. The number of hydrogen-bond acceptors (Lipinski definition) is 4. The third kappa shape index (κ3) is 1.54. The molecule has 0 amide bonds. The molecule has 66 valence electrons. The first-order valence-corrected chi connectivity index (χ1v) is 3.73. The summed E-state index contributed by atoms with van der Waals surface area (Å²) in [5.74, 6) is 0. The minimum Gasteiger partial charge on any atom is -0.388 e. The van der Waals surface area contributed by atoms with Gasteiger partial charge in [-0.05, 0) is 13.8 Å². The van der Waals surface area contributed by atoms with Crippen molar-refractivity contribution in [1.29, 1.82) is 0 Å². The first-order valence-electron chi connectivity index (χ1n) is 3.73. The van der Waals surface area contributed by atoms with Gasteiger partial charge in [0.1, 0.15) is 18.3 Å². The average molecular weight is 162 g/mol. The summed E-state index contributed by atoms with van der Waals surface area (Å²) in [6.07, 6.45) is -3.89. The second kappa shape index (κ2) is 3.06. The molecule has 3 N–H and O–H groups in total. The Labute approximate surface area is 65.4 Å². The van der Waals surface area contributed by atoms with Gasteiger partial charge < -0.3 is 20.1 Å². The molecule has 1 aliphatic heterocycles. The van der Waals surface area contributed by atoms with E-state index in [0.29, 0.717) is 0 Å². The molecule has 1 fully saturated rings. The predicted octanol–water partition coefficient (Wildman–Crippen LogP) is -1.12. The lowest BCUT2D eigenvalue weighted by atomic mass is 9.97. The van der Waals surface area contributed by atoms with E-state index in [1.807, 2.05) is 0 Å². The number of aliphatic hydroxyl groups excluding tert-OH is 3. The van der Waals surface area contributed by atoms with Crippen LogP contribution in [0, 0.1) is 0 Å². The van der Waals surface area contributed by atoms with E-state index in [2.05, 4.69) is 0 Å². The molecule has 0 bridgehead atoms. The van der Waals surface area contributed by atoms with Crippen LogP contribution in [0.4, 0.5) is 0 Å². The Morgan fingerprint density at radius 1 is 0.818 bits per heavy atom. The van der Waals surface area contributed by atoms with Crippen LogP contribution in [0.5, 0.6) is 0 Å². The lowest BCUT2D eigenvalue weighted by Crippen LogP contribution is -2.55. The zero-order valence-corrected chi connectivity index (χ0v) is 6.64. The highest BCUT2D eigenvalue weighted by Crippen LogP contribution is 2.19. The van der Waals surface area contributed by atoms with E-state index in [-0.39, 0.29) is 0 Å².